The van der Waals surface area contributed by atoms with Gasteiger partial charge in [-0.1, -0.05) is 19.9 Å². The normalized spacial score (nSPS) is 10.9. The molecule has 0 aromatic heterocycles. The Bertz CT molecular complexity index is 447. The number of rotatable bonds is 7. The Morgan fingerprint density at radius 1 is 1.45 bits per heavy atom. The van der Waals surface area contributed by atoms with Crippen molar-refractivity contribution in [2.45, 2.75) is 20.4 Å². The lowest BCUT2D eigenvalue weighted by molar-refractivity contribution is -0.122. The third-order valence-corrected chi connectivity index (χ3v) is 2.85. The van der Waals surface area contributed by atoms with Crippen LogP contribution in [-0.4, -0.2) is 43.2 Å². The highest BCUT2D eigenvalue weighted by molar-refractivity contribution is 5.77. The number of amides is 1. The average Bonchev–Trinajstić information content (AvgIpc) is 2.38. The van der Waals surface area contributed by atoms with E-state index in [0.717, 1.165) is 5.56 Å². The molecule has 1 rings (SSSR count). The molecular weight excluding hydrogens is 256 g/mol. The molecular formula is C15H24N2O3. The molecule has 5 nitrogen and oxygen atoms in total. The van der Waals surface area contributed by atoms with Crippen LogP contribution >= 0.6 is 0 Å². The first-order chi connectivity index (χ1) is 9.42. The van der Waals surface area contributed by atoms with Gasteiger partial charge in [-0.05, 0) is 19.0 Å². The van der Waals surface area contributed by atoms with Gasteiger partial charge < -0.3 is 15.2 Å². The predicted octanol–water partition coefficient (Wildman–Crippen LogP) is 1.60. The van der Waals surface area contributed by atoms with E-state index in [1.807, 2.05) is 11.9 Å². The van der Waals surface area contributed by atoms with Crippen LogP contribution in [0.4, 0.5) is 0 Å². The van der Waals surface area contributed by atoms with Gasteiger partial charge in [0.25, 0.3) is 0 Å². The van der Waals surface area contributed by atoms with E-state index >= 15 is 0 Å². The molecule has 0 saturated heterocycles. The molecule has 1 aromatic carbocycles. The van der Waals surface area contributed by atoms with Crippen molar-refractivity contribution in [2.24, 2.45) is 5.92 Å². The van der Waals surface area contributed by atoms with Crippen LogP contribution < -0.4 is 10.1 Å². The van der Waals surface area contributed by atoms with Crippen LogP contribution in [0.25, 0.3) is 0 Å². The summed E-state index contributed by atoms with van der Waals surface area (Å²) in [5, 5.41) is 12.7. The Morgan fingerprint density at radius 2 is 2.15 bits per heavy atom. The van der Waals surface area contributed by atoms with Gasteiger partial charge in [-0.15, -0.1) is 0 Å². The van der Waals surface area contributed by atoms with Crippen LogP contribution in [0.15, 0.2) is 18.2 Å². The quantitative estimate of drug-likeness (QED) is 0.796. The number of methoxy groups -OCH3 is 1. The monoisotopic (exact) mass is 280 g/mol. The minimum Gasteiger partial charge on any atom is -0.507 e. The van der Waals surface area contributed by atoms with Crippen LogP contribution in [0.2, 0.25) is 0 Å². The third kappa shape index (κ3) is 5.48. The molecule has 1 amide bonds. The van der Waals surface area contributed by atoms with Crippen LogP contribution in [0.3, 0.4) is 0 Å². The molecule has 0 spiro atoms. The maximum atomic E-state index is 11.7. The second-order valence-corrected chi connectivity index (χ2v) is 5.36. The van der Waals surface area contributed by atoms with Crippen molar-refractivity contribution in [3.05, 3.63) is 23.8 Å². The first-order valence-corrected chi connectivity index (χ1v) is 6.73. The number of carbonyl (C=O) groups is 1. The number of hydrogen-bond acceptors (Lipinski definition) is 4. The maximum Gasteiger partial charge on any atom is 0.234 e. The molecule has 112 valence electrons. The summed E-state index contributed by atoms with van der Waals surface area (Å²) in [4.78, 5) is 13.6. The number of aromatic hydroxyl groups is 1. The topological polar surface area (TPSA) is 61.8 Å². The molecule has 0 bridgehead atoms. The Hall–Kier alpha value is -1.75. The van der Waals surface area contributed by atoms with Crippen LogP contribution in [-0.2, 0) is 11.3 Å². The molecule has 0 aliphatic heterocycles. The fourth-order valence-electron chi connectivity index (χ4n) is 1.77. The number of hydrogen-bond donors (Lipinski definition) is 2. The van der Waals surface area contributed by atoms with Crippen molar-refractivity contribution in [3.8, 4) is 11.5 Å². The molecule has 20 heavy (non-hydrogen) atoms. The lowest BCUT2D eigenvalue weighted by Crippen LogP contribution is -2.36. The lowest BCUT2D eigenvalue weighted by Gasteiger charge is -2.18. The number of phenols is 1. The number of ether oxygens (including phenoxy) is 1. The van der Waals surface area contributed by atoms with Gasteiger partial charge in [0.2, 0.25) is 5.91 Å². The summed E-state index contributed by atoms with van der Waals surface area (Å²) in [6, 6.07) is 5.17. The molecule has 0 saturated carbocycles. The van der Waals surface area contributed by atoms with Crippen LogP contribution in [0.5, 0.6) is 11.5 Å². The fourth-order valence-corrected chi connectivity index (χ4v) is 1.77. The van der Waals surface area contributed by atoms with Crippen molar-refractivity contribution in [1.29, 1.82) is 0 Å². The molecule has 1 aromatic rings. The van der Waals surface area contributed by atoms with E-state index in [9.17, 15) is 9.90 Å². The summed E-state index contributed by atoms with van der Waals surface area (Å²) in [5.41, 5.74) is 0.768. The highest BCUT2D eigenvalue weighted by Gasteiger charge is 2.10. The van der Waals surface area contributed by atoms with Gasteiger partial charge in [0.15, 0.2) is 0 Å². The largest absolute Gasteiger partial charge is 0.507 e. The zero-order chi connectivity index (χ0) is 15.1. The number of phenolic OH excluding ortho intramolecular Hbond substituents is 1. The summed E-state index contributed by atoms with van der Waals surface area (Å²) in [6.07, 6.45) is 0. The van der Waals surface area contributed by atoms with E-state index in [4.69, 9.17) is 4.74 Å². The van der Waals surface area contributed by atoms with E-state index in [1.54, 1.807) is 25.3 Å². The number of nitrogens with one attached hydrogen (secondary N) is 1. The second kappa shape index (κ2) is 7.75. The van der Waals surface area contributed by atoms with Gasteiger partial charge in [-0.25, -0.2) is 0 Å². The van der Waals surface area contributed by atoms with E-state index < -0.39 is 0 Å². The molecule has 0 heterocycles. The van der Waals surface area contributed by atoms with Gasteiger partial charge in [-0.3, -0.25) is 9.69 Å². The van der Waals surface area contributed by atoms with E-state index in [1.165, 1.54) is 0 Å². The molecule has 0 atom stereocenters. The van der Waals surface area contributed by atoms with Gasteiger partial charge in [0.05, 0.1) is 13.7 Å². The number of likely N-dealkylation sites (N-methyl/N-ethyl adjacent to an activating group) is 1. The maximum absolute atomic E-state index is 11.7. The Kier molecular flexibility index (Phi) is 6.31. The van der Waals surface area contributed by atoms with Gasteiger partial charge in [0.1, 0.15) is 11.5 Å². The molecule has 0 aliphatic carbocycles. The zero-order valence-electron chi connectivity index (χ0n) is 12.6. The lowest BCUT2D eigenvalue weighted by atomic mass is 10.2. The van der Waals surface area contributed by atoms with Crippen molar-refractivity contribution in [3.63, 3.8) is 0 Å². The standard InChI is InChI=1S/C15H24N2O3/c1-11(2)8-16-15(19)10-17(3)9-12-5-6-13(20-4)7-14(12)18/h5-7,11,18H,8-10H2,1-4H3,(H,16,19). The van der Waals surface area contributed by atoms with Crippen molar-refractivity contribution in [1.82, 2.24) is 10.2 Å². The summed E-state index contributed by atoms with van der Waals surface area (Å²) >= 11 is 0. The van der Waals surface area contributed by atoms with E-state index in [-0.39, 0.29) is 11.7 Å². The minimum absolute atomic E-state index is 0.00537. The molecule has 0 unspecified atom stereocenters. The van der Waals surface area contributed by atoms with E-state index in [2.05, 4.69) is 19.2 Å². The average molecular weight is 280 g/mol. The fraction of sp³-hybridized carbons (Fsp3) is 0.533. The smallest absolute Gasteiger partial charge is 0.234 e. The van der Waals surface area contributed by atoms with Gasteiger partial charge >= 0.3 is 0 Å². The molecule has 0 fully saturated rings. The zero-order valence-corrected chi connectivity index (χ0v) is 12.6. The Labute approximate surface area is 120 Å². The molecule has 5 heteroatoms. The number of nitrogens with zero attached hydrogens (tertiary/aromatic N) is 1. The number of carbonyl (C=O) groups excluding carboxylic acids is 1. The van der Waals surface area contributed by atoms with E-state index in [0.29, 0.717) is 31.3 Å². The molecule has 2 N–H and O–H groups in total. The Balaban J connectivity index is 2.49. The highest BCUT2D eigenvalue weighted by Crippen LogP contribution is 2.24. The van der Waals surface area contributed by atoms with Crippen LogP contribution in [0.1, 0.15) is 19.4 Å². The van der Waals surface area contributed by atoms with Crippen molar-refractivity contribution >= 4 is 5.91 Å². The third-order valence-electron chi connectivity index (χ3n) is 2.85. The van der Waals surface area contributed by atoms with Crippen molar-refractivity contribution < 1.29 is 14.6 Å². The highest BCUT2D eigenvalue weighted by atomic mass is 16.5. The van der Waals surface area contributed by atoms with Gasteiger partial charge in [-0.2, -0.15) is 0 Å². The first-order valence-electron chi connectivity index (χ1n) is 6.73. The molecule has 0 radical (unpaired) electrons. The molecule has 0 aliphatic rings. The van der Waals surface area contributed by atoms with Crippen LogP contribution in [0, 0.1) is 5.92 Å². The summed E-state index contributed by atoms with van der Waals surface area (Å²) in [5.74, 6) is 1.23. The predicted molar refractivity (Wildman–Crippen MR) is 78.8 cm³/mol. The minimum atomic E-state index is -0.00537. The SMILES string of the molecule is COc1ccc(CN(C)CC(=O)NCC(C)C)c(O)c1. The number of benzene rings is 1. The van der Waals surface area contributed by atoms with Gasteiger partial charge in [0, 0.05) is 24.7 Å². The first kappa shape index (κ1) is 16.3. The Morgan fingerprint density at radius 3 is 2.70 bits per heavy atom. The summed E-state index contributed by atoms with van der Waals surface area (Å²) in [6.45, 7) is 5.60. The summed E-state index contributed by atoms with van der Waals surface area (Å²) < 4.78 is 5.04. The summed E-state index contributed by atoms with van der Waals surface area (Å²) in [7, 11) is 3.40. The van der Waals surface area contributed by atoms with Crippen molar-refractivity contribution in [2.75, 3.05) is 27.2 Å². The second-order valence-electron chi connectivity index (χ2n) is 5.36.